The molecule has 4 nitrogen and oxygen atoms in total. The Morgan fingerprint density at radius 1 is 1.06 bits per heavy atom. The highest BCUT2D eigenvalue weighted by atomic mass is 16.5. The fourth-order valence-corrected chi connectivity index (χ4v) is 1.48. The first-order valence-corrected chi connectivity index (χ1v) is 4.98. The van der Waals surface area contributed by atoms with Crippen molar-refractivity contribution in [1.29, 1.82) is 0 Å². The lowest BCUT2D eigenvalue weighted by Crippen LogP contribution is -1.97. The molecular formula is C12H14N2O2. The van der Waals surface area contributed by atoms with Crippen molar-refractivity contribution in [3.8, 4) is 17.2 Å². The zero-order chi connectivity index (χ0) is 11.5. The van der Waals surface area contributed by atoms with E-state index in [-0.39, 0.29) is 0 Å². The third-order valence-corrected chi connectivity index (χ3v) is 2.32. The number of rotatable bonds is 3. The Bertz CT molecular complexity index is 469. The molecule has 0 bridgehead atoms. The SMILES string of the molecule is COc1cc(OC)cc(-n2ccc(C)n2)c1. The first-order valence-electron chi connectivity index (χ1n) is 4.98. The molecule has 4 heteroatoms. The molecule has 84 valence electrons. The highest BCUT2D eigenvalue weighted by molar-refractivity contribution is 5.46. The maximum atomic E-state index is 5.20. The Morgan fingerprint density at radius 2 is 1.69 bits per heavy atom. The van der Waals surface area contributed by atoms with Crippen molar-refractivity contribution in [2.45, 2.75) is 6.92 Å². The molecule has 0 aliphatic rings. The van der Waals surface area contributed by atoms with Crippen LogP contribution in [0.2, 0.25) is 0 Å². The zero-order valence-electron chi connectivity index (χ0n) is 9.60. The van der Waals surface area contributed by atoms with E-state index in [1.807, 2.05) is 37.4 Å². The van der Waals surface area contributed by atoms with Crippen LogP contribution in [0.5, 0.6) is 11.5 Å². The number of nitrogens with zero attached hydrogens (tertiary/aromatic N) is 2. The van der Waals surface area contributed by atoms with Gasteiger partial charge in [0.1, 0.15) is 11.5 Å². The van der Waals surface area contributed by atoms with Crippen molar-refractivity contribution in [3.63, 3.8) is 0 Å². The number of ether oxygens (including phenoxy) is 2. The number of hydrogen-bond acceptors (Lipinski definition) is 3. The Labute approximate surface area is 94.4 Å². The topological polar surface area (TPSA) is 36.3 Å². The third kappa shape index (κ3) is 2.00. The van der Waals surface area contributed by atoms with E-state index in [2.05, 4.69) is 5.10 Å². The van der Waals surface area contributed by atoms with E-state index in [4.69, 9.17) is 9.47 Å². The summed E-state index contributed by atoms with van der Waals surface area (Å²) in [6, 6.07) is 7.61. The molecule has 1 aromatic heterocycles. The van der Waals surface area contributed by atoms with Gasteiger partial charge < -0.3 is 9.47 Å². The molecule has 16 heavy (non-hydrogen) atoms. The van der Waals surface area contributed by atoms with Crippen LogP contribution >= 0.6 is 0 Å². The van der Waals surface area contributed by atoms with Crippen molar-refractivity contribution in [3.05, 3.63) is 36.2 Å². The number of benzene rings is 1. The average Bonchev–Trinajstić information content (AvgIpc) is 2.75. The van der Waals surface area contributed by atoms with E-state index in [1.165, 1.54) is 0 Å². The molecule has 0 saturated heterocycles. The van der Waals surface area contributed by atoms with Gasteiger partial charge in [0, 0.05) is 24.4 Å². The van der Waals surface area contributed by atoms with E-state index >= 15 is 0 Å². The fourth-order valence-electron chi connectivity index (χ4n) is 1.48. The van der Waals surface area contributed by atoms with Gasteiger partial charge in [-0.1, -0.05) is 0 Å². The molecule has 0 fully saturated rings. The summed E-state index contributed by atoms with van der Waals surface area (Å²) in [5.74, 6) is 1.50. The lowest BCUT2D eigenvalue weighted by Gasteiger charge is -2.08. The van der Waals surface area contributed by atoms with Gasteiger partial charge >= 0.3 is 0 Å². The largest absolute Gasteiger partial charge is 0.497 e. The zero-order valence-corrected chi connectivity index (χ0v) is 9.60. The van der Waals surface area contributed by atoms with Crippen molar-refractivity contribution in [2.75, 3.05) is 14.2 Å². The van der Waals surface area contributed by atoms with Crippen molar-refractivity contribution in [2.24, 2.45) is 0 Å². The summed E-state index contributed by atoms with van der Waals surface area (Å²) in [6.45, 7) is 1.95. The molecule has 0 radical (unpaired) electrons. The maximum absolute atomic E-state index is 5.20. The summed E-state index contributed by atoms with van der Waals surface area (Å²) in [6.07, 6.45) is 1.91. The van der Waals surface area contributed by atoms with E-state index in [9.17, 15) is 0 Å². The molecular weight excluding hydrogens is 204 g/mol. The molecule has 0 aliphatic carbocycles. The maximum Gasteiger partial charge on any atom is 0.124 e. The van der Waals surface area contributed by atoms with Gasteiger partial charge in [-0.15, -0.1) is 0 Å². The van der Waals surface area contributed by atoms with E-state index in [0.29, 0.717) is 0 Å². The van der Waals surface area contributed by atoms with Crippen LogP contribution in [0.25, 0.3) is 5.69 Å². The second-order valence-corrected chi connectivity index (χ2v) is 3.47. The minimum absolute atomic E-state index is 0.752. The van der Waals surface area contributed by atoms with Crippen LogP contribution in [0.1, 0.15) is 5.69 Å². The standard InChI is InChI=1S/C12H14N2O2/c1-9-4-5-14(13-9)10-6-11(15-2)8-12(7-10)16-3/h4-8H,1-3H3. The van der Waals surface area contributed by atoms with Crippen LogP contribution in [0, 0.1) is 6.92 Å². The number of methoxy groups -OCH3 is 2. The van der Waals surface area contributed by atoms with Gasteiger partial charge in [-0.05, 0) is 13.0 Å². The molecule has 0 aliphatic heterocycles. The minimum Gasteiger partial charge on any atom is -0.497 e. The van der Waals surface area contributed by atoms with Gasteiger partial charge in [-0.3, -0.25) is 0 Å². The Kier molecular flexibility index (Phi) is 2.81. The van der Waals surface area contributed by atoms with Gasteiger partial charge in [0.05, 0.1) is 25.6 Å². The molecule has 0 saturated carbocycles. The molecule has 0 unspecified atom stereocenters. The smallest absolute Gasteiger partial charge is 0.124 e. The molecule has 2 rings (SSSR count). The summed E-state index contributed by atoms with van der Waals surface area (Å²) < 4.78 is 12.2. The van der Waals surface area contributed by atoms with Gasteiger partial charge in [0.2, 0.25) is 0 Å². The van der Waals surface area contributed by atoms with Crippen LogP contribution in [-0.2, 0) is 0 Å². The lowest BCUT2D eigenvalue weighted by molar-refractivity contribution is 0.394. The first-order chi connectivity index (χ1) is 7.72. The number of aryl methyl sites for hydroxylation is 1. The summed E-state index contributed by atoms with van der Waals surface area (Å²) in [7, 11) is 3.26. The van der Waals surface area contributed by atoms with E-state index in [1.54, 1.807) is 18.9 Å². The van der Waals surface area contributed by atoms with Gasteiger partial charge in [-0.2, -0.15) is 5.10 Å². The summed E-state index contributed by atoms with van der Waals surface area (Å²) in [5.41, 5.74) is 1.89. The highest BCUT2D eigenvalue weighted by Gasteiger charge is 2.04. The normalized spacial score (nSPS) is 10.2. The molecule has 1 heterocycles. The fraction of sp³-hybridized carbons (Fsp3) is 0.250. The Hall–Kier alpha value is -1.97. The first kappa shape index (κ1) is 10.5. The van der Waals surface area contributed by atoms with Crippen molar-refractivity contribution in [1.82, 2.24) is 9.78 Å². The van der Waals surface area contributed by atoms with Crippen LogP contribution in [0.15, 0.2) is 30.5 Å². The van der Waals surface area contributed by atoms with Crippen LogP contribution in [0.4, 0.5) is 0 Å². The number of aromatic nitrogens is 2. The summed E-state index contributed by atoms with van der Waals surface area (Å²) in [5, 5.41) is 4.34. The monoisotopic (exact) mass is 218 g/mol. The quantitative estimate of drug-likeness (QED) is 0.792. The number of hydrogen-bond donors (Lipinski definition) is 0. The Morgan fingerprint density at radius 3 is 2.12 bits per heavy atom. The minimum atomic E-state index is 0.752. The van der Waals surface area contributed by atoms with Crippen molar-refractivity contribution < 1.29 is 9.47 Å². The lowest BCUT2D eigenvalue weighted by atomic mass is 10.3. The molecule has 0 spiro atoms. The predicted molar refractivity (Wildman–Crippen MR) is 61.4 cm³/mol. The predicted octanol–water partition coefficient (Wildman–Crippen LogP) is 2.20. The van der Waals surface area contributed by atoms with Gasteiger partial charge in [0.15, 0.2) is 0 Å². The van der Waals surface area contributed by atoms with E-state index < -0.39 is 0 Å². The highest BCUT2D eigenvalue weighted by Crippen LogP contribution is 2.24. The molecule has 0 amide bonds. The molecule has 2 aromatic rings. The van der Waals surface area contributed by atoms with Crippen LogP contribution in [-0.4, -0.2) is 24.0 Å². The van der Waals surface area contributed by atoms with Crippen molar-refractivity contribution >= 4 is 0 Å². The van der Waals surface area contributed by atoms with E-state index in [0.717, 1.165) is 22.9 Å². The molecule has 0 atom stereocenters. The average molecular weight is 218 g/mol. The molecule has 1 aromatic carbocycles. The van der Waals surface area contributed by atoms with Crippen LogP contribution < -0.4 is 9.47 Å². The third-order valence-electron chi connectivity index (χ3n) is 2.32. The summed E-state index contributed by atoms with van der Waals surface area (Å²) >= 11 is 0. The van der Waals surface area contributed by atoms with Gasteiger partial charge in [-0.25, -0.2) is 4.68 Å². The second-order valence-electron chi connectivity index (χ2n) is 3.47. The van der Waals surface area contributed by atoms with Gasteiger partial charge in [0.25, 0.3) is 0 Å². The Balaban J connectivity index is 2.47. The molecule has 0 N–H and O–H groups in total. The second kappa shape index (κ2) is 4.26. The summed E-state index contributed by atoms with van der Waals surface area (Å²) in [4.78, 5) is 0. The van der Waals surface area contributed by atoms with Crippen LogP contribution in [0.3, 0.4) is 0 Å².